The highest BCUT2D eigenvalue weighted by molar-refractivity contribution is 5.98. The van der Waals surface area contributed by atoms with Gasteiger partial charge < -0.3 is 63.6 Å². The van der Waals surface area contributed by atoms with E-state index in [9.17, 15) is 58.2 Å². The molecule has 276 valence electrons. The summed E-state index contributed by atoms with van der Waals surface area (Å²) in [7, 11) is 0. The van der Waals surface area contributed by atoms with Gasteiger partial charge in [0.25, 0.3) is 0 Å². The Hall–Kier alpha value is -5.38. The van der Waals surface area contributed by atoms with Crippen LogP contribution in [0.5, 0.6) is 0 Å². The number of rotatable bonds is 24. The molecule has 0 heterocycles. The second-order valence-corrected chi connectivity index (χ2v) is 10.9. The van der Waals surface area contributed by atoms with Gasteiger partial charge in [-0.25, -0.2) is 4.79 Å². The van der Waals surface area contributed by atoms with Crippen LogP contribution in [0.4, 0.5) is 0 Å². The van der Waals surface area contributed by atoms with Crippen LogP contribution < -0.4 is 38.1 Å². The lowest BCUT2D eigenvalue weighted by Gasteiger charge is -2.28. The van der Waals surface area contributed by atoms with Crippen LogP contribution in [0.25, 0.3) is 0 Å². The van der Waals surface area contributed by atoms with E-state index in [1.54, 1.807) is 6.92 Å². The SMILES string of the molecule is CC[C@H](C)[C@H](NC(=O)[C@H](CC(N)=O)NC(=O)[C@H](CCC(=O)O)NC(=O)[C@@H](N)CCC(=O)O)C(=O)N[C@@H](CC(=O)O)C(=O)N[C@@H](CO)C(=O)O. The minimum Gasteiger partial charge on any atom is -0.481 e. The Morgan fingerprint density at radius 1 is 0.592 bits per heavy atom. The Labute approximate surface area is 278 Å². The van der Waals surface area contributed by atoms with Crippen molar-refractivity contribution in [1.82, 2.24) is 26.6 Å². The van der Waals surface area contributed by atoms with Gasteiger partial charge in [0.15, 0.2) is 0 Å². The minimum atomic E-state index is -1.89. The van der Waals surface area contributed by atoms with E-state index in [2.05, 4.69) is 21.3 Å². The van der Waals surface area contributed by atoms with E-state index in [0.717, 1.165) is 0 Å². The summed E-state index contributed by atoms with van der Waals surface area (Å²) < 4.78 is 0. The summed E-state index contributed by atoms with van der Waals surface area (Å²) >= 11 is 0. The molecule has 0 saturated carbocycles. The van der Waals surface area contributed by atoms with Crippen LogP contribution in [-0.2, 0) is 47.9 Å². The van der Waals surface area contributed by atoms with Crippen LogP contribution >= 0.6 is 0 Å². The first kappa shape index (κ1) is 43.6. The largest absolute Gasteiger partial charge is 0.481 e. The van der Waals surface area contributed by atoms with Gasteiger partial charge in [-0.3, -0.25) is 43.2 Å². The molecule has 22 heteroatoms. The maximum atomic E-state index is 13.3. The molecule has 14 N–H and O–H groups in total. The average Bonchev–Trinajstić information content (AvgIpc) is 3.00. The van der Waals surface area contributed by atoms with E-state index >= 15 is 0 Å². The third-order valence-corrected chi connectivity index (χ3v) is 6.93. The van der Waals surface area contributed by atoms with Crippen LogP contribution in [0.1, 0.15) is 58.8 Å². The van der Waals surface area contributed by atoms with Crippen molar-refractivity contribution in [1.29, 1.82) is 0 Å². The zero-order valence-electron chi connectivity index (χ0n) is 26.7. The monoisotopic (exact) mass is 705 g/mol. The zero-order valence-corrected chi connectivity index (χ0v) is 26.7. The van der Waals surface area contributed by atoms with Crippen LogP contribution in [0, 0.1) is 5.92 Å². The lowest BCUT2D eigenvalue weighted by Crippen LogP contribution is -2.61. The van der Waals surface area contributed by atoms with Gasteiger partial charge in [-0.15, -0.1) is 0 Å². The molecular weight excluding hydrogens is 662 g/mol. The Bertz CT molecular complexity index is 1260. The van der Waals surface area contributed by atoms with Crippen molar-refractivity contribution in [3.8, 4) is 0 Å². The van der Waals surface area contributed by atoms with E-state index in [1.807, 2.05) is 5.32 Å². The molecule has 0 spiro atoms. The van der Waals surface area contributed by atoms with Gasteiger partial charge in [-0.1, -0.05) is 20.3 Å². The van der Waals surface area contributed by atoms with Crippen LogP contribution in [0.3, 0.4) is 0 Å². The number of aliphatic hydroxyl groups excluding tert-OH is 1. The minimum absolute atomic E-state index is 0.192. The molecule has 0 fully saturated rings. The average molecular weight is 706 g/mol. The Morgan fingerprint density at radius 3 is 1.51 bits per heavy atom. The number of aliphatic carboxylic acids is 4. The first-order valence-corrected chi connectivity index (χ1v) is 14.8. The first-order chi connectivity index (χ1) is 22.7. The van der Waals surface area contributed by atoms with Crippen molar-refractivity contribution in [3.63, 3.8) is 0 Å². The van der Waals surface area contributed by atoms with Gasteiger partial charge >= 0.3 is 23.9 Å². The van der Waals surface area contributed by atoms with Crippen molar-refractivity contribution in [2.75, 3.05) is 6.61 Å². The van der Waals surface area contributed by atoms with Crippen molar-refractivity contribution in [2.45, 2.75) is 95.0 Å². The standard InChI is InChI=1S/C27H43N7O15/c1-3-11(2)21(26(47)32-15(9-20(41)42)24(45)33-16(10-35)27(48)49)34-25(46)14(8-17(29)36)31-23(44)13(5-7-19(39)40)30-22(43)12(28)4-6-18(37)38/h11-16,21,35H,3-10,28H2,1-2H3,(H2,29,36)(H,30,43)(H,31,44)(H,32,47)(H,33,45)(H,34,46)(H,37,38)(H,39,40)(H,41,42)(H,48,49)/t11-,12-,13-,14-,15-,16-,21-/m0/s1. The van der Waals surface area contributed by atoms with Gasteiger partial charge in [0.2, 0.25) is 35.4 Å². The summed E-state index contributed by atoms with van der Waals surface area (Å²) in [5.74, 6) is -13.6. The molecule has 0 radical (unpaired) electrons. The second-order valence-electron chi connectivity index (χ2n) is 10.9. The highest BCUT2D eigenvalue weighted by Gasteiger charge is 2.35. The quantitative estimate of drug-likeness (QED) is 0.0447. The summed E-state index contributed by atoms with van der Waals surface area (Å²) in [5, 5.41) is 55.9. The number of carboxylic acids is 4. The van der Waals surface area contributed by atoms with Gasteiger partial charge in [0.05, 0.1) is 25.5 Å². The number of amides is 6. The van der Waals surface area contributed by atoms with E-state index in [0.29, 0.717) is 0 Å². The molecule has 0 bridgehead atoms. The molecule has 0 aromatic rings. The Kier molecular flexibility index (Phi) is 19.1. The predicted octanol–water partition coefficient (Wildman–Crippen LogP) is -5.06. The third-order valence-electron chi connectivity index (χ3n) is 6.93. The summed E-state index contributed by atoms with van der Waals surface area (Å²) in [6.07, 6.45) is -3.75. The normalized spacial score (nSPS) is 15.0. The van der Waals surface area contributed by atoms with Crippen molar-refractivity contribution < 1.29 is 73.5 Å². The third kappa shape index (κ3) is 16.8. The molecule has 0 unspecified atom stereocenters. The lowest BCUT2D eigenvalue weighted by molar-refractivity contribution is -0.144. The van der Waals surface area contributed by atoms with E-state index < -0.39 is 140 Å². The van der Waals surface area contributed by atoms with Gasteiger partial charge in [-0.2, -0.15) is 0 Å². The highest BCUT2D eigenvalue weighted by Crippen LogP contribution is 2.11. The molecule has 0 saturated heterocycles. The molecule has 0 aromatic heterocycles. The smallest absolute Gasteiger partial charge is 0.328 e. The zero-order chi connectivity index (χ0) is 38.0. The first-order valence-electron chi connectivity index (χ1n) is 14.8. The summed E-state index contributed by atoms with van der Waals surface area (Å²) in [5.41, 5.74) is 10.9. The fourth-order valence-electron chi connectivity index (χ4n) is 3.97. The molecular formula is C27H43N7O15. The van der Waals surface area contributed by atoms with Crippen molar-refractivity contribution >= 4 is 59.3 Å². The molecule has 0 aliphatic rings. The van der Waals surface area contributed by atoms with Crippen LogP contribution in [-0.4, -0.2) is 128 Å². The number of primary amides is 1. The fraction of sp³-hybridized carbons (Fsp3) is 0.630. The molecule has 49 heavy (non-hydrogen) atoms. The highest BCUT2D eigenvalue weighted by atomic mass is 16.4. The van der Waals surface area contributed by atoms with Gasteiger partial charge in [-0.05, 0) is 18.8 Å². The van der Waals surface area contributed by atoms with Gasteiger partial charge in [0.1, 0.15) is 30.2 Å². The number of aliphatic hydroxyl groups is 1. The number of carbonyl (C=O) groups is 10. The number of nitrogens with two attached hydrogens (primary N) is 2. The molecule has 0 aromatic carbocycles. The second kappa shape index (κ2) is 21.5. The molecule has 6 amide bonds. The molecule has 0 aliphatic heterocycles. The maximum absolute atomic E-state index is 13.3. The summed E-state index contributed by atoms with van der Waals surface area (Å²) in [6, 6.07) is -10.2. The topological polar surface area (TPSA) is 384 Å². The lowest BCUT2D eigenvalue weighted by atomic mass is 9.97. The number of nitrogens with one attached hydrogen (secondary N) is 5. The molecule has 7 atom stereocenters. The number of carbonyl (C=O) groups excluding carboxylic acids is 6. The number of carboxylic acid groups (broad SMARTS) is 4. The van der Waals surface area contributed by atoms with Gasteiger partial charge in [0, 0.05) is 12.8 Å². The summed E-state index contributed by atoms with van der Waals surface area (Å²) in [6.45, 7) is 2.00. The van der Waals surface area contributed by atoms with Crippen molar-refractivity contribution in [3.05, 3.63) is 0 Å². The Balaban J connectivity index is 6.18. The van der Waals surface area contributed by atoms with E-state index in [-0.39, 0.29) is 12.8 Å². The molecule has 0 rings (SSSR count). The van der Waals surface area contributed by atoms with Crippen LogP contribution in [0.2, 0.25) is 0 Å². The van der Waals surface area contributed by atoms with Crippen LogP contribution in [0.15, 0.2) is 0 Å². The van der Waals surface area contributed by atoms with E-state index in [1.165, 1.54) is 6.92 Å². The fourth-order valence-corrected chi connectivity index (χ4v) is 3.97. The molecule has 0 aliphatic carbocycles. The Morgan fingerprint density at radius 2 is 1.04 bits per heavy atom. The predicted molar refractivity (Wildman–Crippen MR) is 162 cm³/mol. The van der Waals surface area contributed by atoms with E-state index in [4.69, 9.17) is 26.8 Å². The maximum Gasteiger partial charge on any atom is 0.328 e. The van der Waals surface area contributed by atoms with Crippen molar-refractivity contribution in [2.24, 2.45) is 17.4 Å². The summed E-state index contributed by atoms with van der Waals surface area (Å²) in [4.78, 5) is 121. The number of hydrogen-bond acceptors (Lipinski definition) is 12. The molecule has 22 nitrogen and oxygen atoms in total. The number of hydrogen-bond donors (Lipinski definition) is 12.